The summed E-state index contributed by atoms with van der Waals surface area (Å²) in [6.45, 7) is 0. The zero-order valence-electron chi connectivity index (χ0n) is 10.7. The van der Waals surface area contributed by atoms with Crippen LogP contribution in [0.1, 0.15) is 10.4 Å². The van der Waals surface area contributed by atoms with Gasteiger partial charge in [-0.2, -0.15) is 0 Å². The zero-order chi connectivity index (χ0) is 14.5. The van der Waals surface area contributed by atoms with Crippen LogP contribution >= 0.6 is 11.8 Å². The third-order valence-electron chi connectivity index (χ3n) is 2.54. The number of nitrogens with zero attached hydrogens (tertiary/aromatic N) is 3. The second kappa shape index (κ2) is 6.26. The summed E-state index contributed by atoms with van der Waals surface area (Å²) < 4.78 is 6.22. The van der Waals surface area contributed by atoms with E-state index in [2.05, 4.69) is 15.6 Å². The van der Waals surface area contributed by atoms with Gasteiger partial charge in [-0.1, -0.05) is 11.8 Å². The number of methoxy groups -OCH3 is 1. The van der Waals surface area contributed by atoms with E-state index in [4.69, 9.17) is 16.4 Å². The molecule has 0 aliphatic rings. The Morgan fingerprint density at radius 3 is 2.65 bits per heavy atom. The van der Waals surface area contributed by atoms with Crippen LogP contribution in [0.2, 0.25) is 0 Å². The van der Waals surface area contributed by atoms with E-state index in [9.17, 15) is 4.79 Å². The molecule has 0 fully saturated rings. The molecule has 2 rings (SSSR count). The predicted molar refractivity (Wildman–Crippen MR) is 76.0 cm³/mol. The molecule has 0 amide bonds. The molecule has 0 aliphatic heterocycles. The van der Waals surface area contributed by atoms with Crippen molar-refractivity contribution in [2.75, 3.05) is 24.1 Å². The lowest BCUT2D eigenvalue weighted by atomic mass is 10.1. The number of hydrogen-bond donors (Lipinski definition) is 3. The molecule has 2 aromatic rings. The highest BCUT2D eigenvalue weighted by Gasteiger charge is 2.12. The molecule has 0 saturated carbocycles. The Morgan fingerprint density at radius 1 is 1.40 bits per heavy atom. The van der Waals surface area contributed by atoms with E-state index in [1.54, 1.807) is 31.4 Å². The molecule has 106 valence electrons. The van der Waals surface area contributed by atoms with E-state index in [1.165, 1.54) is 16.4 Å². The number of rotatable bonds is 6. The highest BCUT2D eigenvalue weighted by molar-refractivity contribution is 7.99. The molecule has 9 heteroatoms. The number of ether oxygens (including phenoxy) is 1. The Balaban J connectivity index is 1.98. The second-order valence-corrected chi connectivity index (χ2v) is 4.70. The summed E-state index contributed by atoms with van der Waals surface area (Å²) in [5.41, 5.74) is 2.90. The molecule has 1 aromatic carbocycles. The largest absolute Gasteiger partial charge is 0.497 e. The van der Waals surface area contributed by atoms with Gasteiger partial charge in [0.15, 0.2) is 5.78 Å². The standard InChI is InChI=1S/C11H14N6O2S/c1-19-8-4-2-7(3-5-8)9(18)6-20-11-16-15-10(14-12)17(11)13/h2-5H,6,12-13H2,1H3,(H,14,15). The lowest BCUT2D eigenvalue weighted by Gasteiger charge is -2.03. The Hall–Kier alpha value is -2.26. The number of hydrogen-bond acceptors (Lipinski definition) is 8. The van der Waals surface area contributed by atoms with Gasteiger partial charge in [-0.15, -0.1) is 10.2 Å². The van der Waals surface area contributed by atoms with Crippen molar-refractivity contribution >= 4 is 23.5 Å². The summed E-state index contributed by atoms with van der Waals surface area (Å²) in [4.78, 5) is 12.0. The van der Waals surface area contributed by atoms with Crippen molar-refractivity contribution in [1.82, 2.24) is 14.9 Å². The third kappa shape index (κ3) is 3.00. The predicted octanol–water partition coefficient (Wildman–Crippen LogP) is 0.261. The van der Waals surface area contributed by atoms with Crippen molar-refractivity contribution < 1.29 is 9.53 Å². The first kappa shape index (κ1) is 14.2. The first-order chi connectivity index (χ1) is 9.65. The molecule has 20 heavy (non-hydrogen) atoms. The molecule has 0 spiro atoms. The van der Waals surface area contributed by atoms with Crippen LogP contribution in [-0.4, -0.2) is 33.5 Å². The molecular formula is C11H14N6O2S. The number of aromatic nitrogens is 3. The van der Waals surface area contributed by atoms with Gasteiger partial charge in [-0.3, -0.25) is 10.2 Å². The van der Waals surface area contributed by atoms with Crippen molar-refractivity contribution in [2.45, 2.75) is 5.16 Å². The van der Waals surface area contributed by atoms with E-state index in [0.29, 0.717) is 16.5 Å². The summed E-state index contributed by atoms with van der Waals surface area (Å²) in [6.07, 6.45) is 0. The molecule has 5 N–H and O–H groups in total. The summed E-state index contributed by atoms with van der Waals surface area (Å²) in [6, 6.07) is 6.89. The van der Waals surface area contributed by atoms with Gasteiger partial charge in [0.05, 0.1) is 12.9 Å². The van der Waals surface area contributed by atoms with Crippen LogP contribution in [0.4, 0.5) is 5.95 Å². The number of hydrazine groups is 1. The number of nitrogens with two attached hydrogens (primary N) is 2. The lowest BCUT2D eigenvalue weighted by Crippen LogP contribution is -2.19. The summed E-state index contributed by atoms with van der Waals surface area (Å²) in [5.74, 6) is 12.0. The Labute approximate surface area is 119 Å². The normalized spacial score (nSPS) is 10.3. The topological polar surface area (TPSA) is 121 Å². The highest BCUT2D eigenvalue weighted by Crippen LogP contribution is 2.19. The summed E-state index contributed by atoms with van der Waals surface area (Å²) in [5, 5.41) is 7.93. The highest BCUT2D eigenvalue weighted by atomic mass is 32.2. The fourth-order valence-electron chi connectivity index (χ4n) is 1.46. The molecule has 1 heterocycles. The molecule has 0 bridgehead atoms. The molecule has 0 radical (unpaired) electrons. The second-order valence-electron chi connectivity index (χ2n) is 3.76. The average Bonchev–Trinajstić information content (AvgIpc) is 2.85. The number of nitrogen functional groups attached to an aromatic ring is 2. The molecule has 0 unspecified atom stereocenters. The van der Waals surface area contributed by atoms with E-state index < -0.39 is 0 Å². The van der Waals surface area contributed by atoms with Gasteiger partial charge in [-0.25, -0.2) is 10.5 Å². The van der Waals surface area contributed by atoms with Gasteiger partial charge in [0.1, 0.15) is 5.75 Å². The third-order valence-corrected chi connectivity index (χ3v) is 3.48. The number of anilines is 1. The number of carbonyl (C=O) groups is 1. The maximum Gasteiger partial charge on any atom is 0.258 e. The maximum absolute atomic E-state index is 12.0. The first-order valence-corrected chi connectivity index (χ1v) is 6.61. The van der Waals surface area contributed by atoms with Crippen molar-refractivity contribution in [2.24, 2.45) is 5.84 Å². The minimum absolute atomic E-state index is 0.0390. The summed E-state index contributed by atoms with van der Waals surface area (Å²) in [7, 11) is 1.57. The maximum atomic E-state index is 12.0. The lowest BCUT2D eigenvalue weighted by molar-refractivity contribution is 0.102. The van der Waals surface area contributed by atoms with Crippen molar-refractivity contribution in [1.29, 1.82) is 0 Å². The van der Waals surface area contributed by atoms with Crippen LogP contribution in [0, 0.1) is 0 Å². The minimum Gasteiger partial charge on any atom is -0.497 e. The van der Waals surface area contributed by atoms with Crippen LogP contribution in [0.25, 0.3) is 0 Å². The Morgan fingerprint density at radius 2 is 2.10 bits per heavy atom. The van der Waals surface area contributed by atoms with Crippen LogP contribution < -0.4 is 21.8 Å². The number of ketones is 1. The van der Waals surface area contributed by atoms with Crippen LogP contribution in [0.3, 0.4) is 0 Å². The number of benzene rings is 1. The smallest absolute Gasteiger partial charge is 0.258 e. The quantitative estimate of drug-likeness (QED) is 0.300. The molecular weight excluding hydrogens is 280 g/mol. The number of thioether (sulfide) groups is 1. The monoisotopic (exact) mass is 294 g/mol. The summed E-state index contributed by atoms with van der Waals surface area (Å²) >= 11 is 1.18. The number of carbonyl (C=O) groups excluding carboxylic acids is 1. The zero-order valence-corrected chi connectivity index (χ0v) is 11.6. The molecule has 0 aliphatic carbocycles. The van der Waals surface area contributed by atoms with Crippen molar-refractivity contribution in [3.05, 3.63) is 29.8 Å². The Bertz CT molecular complexity index is 597. The van der Waals surface area contributed by atoms with E-state index in [1.807, 2.05) is 0 Å². The van der Waals surface area contributed by atoms with Crippen LogP contribution in [0.5, 0.6) is 5.75 Å². The fraction of sp³-hybridized carbons (Fsp3) is 0.182. The van der Waals surface area contributed by atoms with Crippen molar-refractivity contribution in [3.63, 3.8) is 0 Å². The van der Waals surface area contributed by atoms with Gasteiger partial charge in [-0.05, 0) is 24.3 Å². The average molecular weight is 294 g/mol. The van der Waals surface area contributed by atoms with Gasteiger partial charge >= 0.3 is 0 Å². The Kier molecular flexibility index (Phi) is 4.43. The minimum atomic E-state index is -0.0390. The van der Waals surface area contributed by atoms with Gasteiger partial charge in [0, 0.05) is 5.56 Å². The molecule has 0 saturated heterocycles. The first-order valence-electron chi connectivity index (χ1n) is 5.63. The van der Waals surface area contributed by atoms with E-state index in [0.717, 1.165) is 0 Å². The van der Waals surface area contributed by atoms with Gasteiger partial charge in [0.25, 0.3) is 5.95 Å². The SMILES string of the molecule is COc1ccc(C(=O)CSc2nnc(NN)n2N)cc1. The van der Waals surface area contributed by atoms with Crippen LogP contribution in [-0.2, 0) is 0 Å². The number of Topliss-reactive ketones (excluding diaryl/α,β-unsaturated/α-hetero) is 1. The van der Waals surface area contributed by atoms with E-state index >= 15 is 0 Å². The van der Waals surface area contributed by atoms with E-state index in [-0.39, 0.29) is 17.5 Å². The van der Waals surface area contributed by atoms with Gasteiger partial charge < -0.3 is 10.6 Å². The van der Waals surface area contributed by atoms with Gasteiger partial charge in [0.2, 0.25) is 5.16 Å². The fourth-order valence-corrected chi connectivity index (χ4v) is 2.22. The molecule has 1 aromatic heterocycles. The van der Waals surface area contributed by atoms with Crippen molar-refractivity contribution in [3.8, 4) is 5.75 Å². The molecule has 0 atom stereocenters. The molecule has 8 nitrogen and oxygen atoms in total. The van der Waals surface area contributed by atoms with Crippen LogP contribution in [0.15, 0.2) is 29.4 Å². The number of nitrogens with one attached hydrogen (secondary N) is 1.